The Labute approximate surface area is 182 Å². The molecule has 2 nitrogen and oxygen atoms in total. The zero-order valence-electron chi connectivity index (χ0n) is 18.8. The second-order valence-electron chi connectivity index (χ2n) is 9.16. The number of hydrogen-bond acceptors (Lipinski definition) is 2. The van der Waals surface area contributed by atoms with E-state index in [2.05, 4.69) is 82.8 Å². The van der Waals surface area contributed by atoms with Crippen LogP contribution in [0.15, 0.2) is 41.4 Å². The molecule has 0 saturated carbocycles. The first-order valence-corrected chi connectivity index (χ1v) is 11.4. The number of halogens is 1. The maximum Gasteiger partial charge on any atom is 0.0630 e. The third-order valence-electron chi connectivity index (χ3n) is 6.38. The molecule has 29 heavy (non-hydrogen) atoms. The zero-order valence-corrected chi connectivity index (χ0v) is 19.6. The molecule has 3 rings (SSSR count). The Balaban J connectivity index is 1.90. The Morgan fingerprint density at radius 2 is 1.90 bits per heavy atom. The van der Waals surface area contributed by atoms with Crippen molar-refractivity contribution in [3.8, 4) is 0 Å². The van der Waals surface area contributed by atoms with E-state index in [1.807, 2.05) is 6.21 Å². The molecule has 0 spiro atoms. The topological polar surface area (TPSA) is 15.6 Å². The fraction of sp³-hybridized carbons (Fsp3) is 0.500. The molecular formula is C26H35ClN2. The van der Waals surface area contributed by atoms with E-state index in [1.165, 1.54) is 16.8 Å². The Bertz CT molecular complexity index is 867. The molecule has 0 aromatic heterocycles. The molecule has 156 valence electrons. The van der Waals surface area contributed by atoms with Crippen LogP contribution in [0.25, 0.3) is 0 Å². The van der Waals surface area contributed by atoms with Crippen LogP contribution in [0, 0.1) is 0 Å². The average Bonchev–Trinajstić information content (AvgIpc) is 2.69. The van der Waals surface area contributed by atoms with Gasteiger partial charge in [-0.15, -0.1) is 0 Å². The van der Waals surface area contributed by atoms with Gasteiger partial charge in [-0.3, -0.25) is 4.99 Å². The molecule has 0 N–H and O–H groups in total. The van der Waals surface area contributed by atoms with Gasteiger partial charge < -0.3 is 4.90 Å². The highest BCUT2D eigenvalue weighted by Crippen LogP contribution is 2.45. The van der Waals surface area contributed by atoms with Gasteiger partial charge in [0.25, 0.3) is 0 Å². The van der Waals surface area contributed by atoms with E-state index in [0.717, 1.165) is 42.1 Å². The molecule has 0 amide bonds. The van der Waals surface area contributed by atoms with Crippen molar-refractivity contribution in [3.63, 3.8) is 0 Å². The van der Waals surface area contributed by atoms with Gasteiger partial charge in [0.05, 0.1) is 10.7 Å². The smallest absolute Gasteiger partial charge is 0.0630 e. The van der Waals surface area contributed by atoms with Crippen molar-refractivity contribution in [2.75, 3.05) is 11.4 Å². The van der Waals surface area contributed by atoms with Crippen LogP contribution < -0.4 is 4.90 Å². The average molecular weight is 411 g/mol. The van der Waals surface area contributed by atoms with Crippen molar-refractivity contribution in [2.45, 2.75) is 78.2 Å². The lowest BCUT2D eigenvalue weighted by molar-refractivity contribution is 0.376. The van der Waals surface area contributed by atoms with Crippen LogP contribution in [0.1, 0.15) is 89.3 Å². The highest BCUT2D eigenvalue weighted by atomic mass is 35.5. The van der Waals surface area contributed by atoms with Gasteiger partial charge in [0, 0.05) is 29.5 Å². The van der Waals surface area contributed by atoms with Gasteiger partial charge in [0.2, 0.25) is 0 Å². The first-order valence-electron chi connectivity index (χ1n) is 11.0. The summed E-state index contributed by atoms with van der Waals surface area (Å²) in [6.07, 6.45) is 5.34. The summed E-state index contributed by atoms with van der Waals surface area (Å²) in [5.41, 5.74) is 6.16. The molecule has 2 aromatic rings. The van der Waals surface area contributed by atoms with Gasteiger partial charge in [-0.2, -0.15) is 0 Å². The molecule has 1 aliphatic heterocycles. The number of rotatable bonds is 6. The van der Waals surface area contributed by atoms with E-state index in [9.17, 15) is 0 Å². The van der Waals surface area contributed by atoms with E-state index in [0.29, 0.717) is 11.8 Å². The summed E-state index contributed by atoms with van der Waals surface area (Å²) < 4.78 is 0. The van der Waals surface area contributed by atoms with Crippen molar-refractivity contribution in [1.82, 2.24) is 0 Å². The van der Waals surface area contributed by atoms with Crippen molar-refractivity contribution in [1.29, 1.82) is 0 Å². The van der Waals surface area contributed by atoms with E-state index in [1.54, 1.807) is 0 Å². The third-order valence-corrected chi connectivity index (χ3v) is 6.71. The maximum absolute atomic E-state index is 6.70. The number of hydrogen-bond donors (Lipinski definition) is 0. The molecule has 0 saturated heterocycles. The minimum atomic E-state index is 0.152. The van der Waals surface area contributed by atoms with Crippen LogP contribution in [0.2, 0.25) is 5.02 Å². The molecule has 0 aliphatic carbocycles. The van der Waals surface area contributed by atoms with Crippen LogP contribution in [0.5, 0.6) is 0 Å². The Kier molecular flexibility index (Phi) is 6.73. The van der Waals surface area contributed by atoms with E-state index in [4.69, 9.17) is 16.6 Å². The van der Waals surface area contributed by atoms with Crippen molar-refractivity contribution in [3.05, 3.63) is 58.1 Å². The van der Waals surface area contributed by atoms with Crippen LogP contribution in [-0.4, -0.2) is 18.3 Å². The van der Waals surface area contributed by atoms with E-state index < -0.39 is 0 Å². The summed E-state index contributed by atoms with van der Waals surface area (Å²) in [5.74, 6) is 1.09. The van der Waals surface area contributed by atoms with Gasteiger partial charge >= 0.3 is 0 Å². The summed E-state index contributed by atoms with van der Waals surface area (Å²) in [6.45, 7) is 14.8. The lowest BCUT2D eigenvalue weighted by Crippen LogP contribution is -2.48. The molecule has 2 unspecified atom stereocenters. The van der Waals surface area contributed by atoms with Crippen LogP contribution in [-0.2, 0) is 0 Å². The number of nitrogens with zero attached hydrogens (tertiary/aromatic N) is 2. The SMILES string of the molecule is CCCN1c2cc(Cl)c(C=Nc3ccc(C(C)CC)cc3)cc2C(C)CC1(C)C. The molecule has 0 bridgehead atoms. The van der Waals surface area contributed by atoms with Crippen LogP contribution in [0.3, 0.4) is 0 Å². The number of benzene rings is 2. The fourth-order valence-electron chi connectivity index (χ4n) is 4.54. The van der Waals surface area contributed by atoms with Gasteiger partial charge in [-0.1, -0.05) is 51.4 Å². The highest BCUT2D eigenvalue weighted by Gasteiger charge is 2.36. The van der Waals surface area contributed by atoms with Gasteiger partial charge in [0.1, 0.15) is 0 Å². The summed E-state index contributed by atoms with van der Waals surface area (Å²) in [4.78, 5) is 7.23. The van der Waals surface area contributed by atoms with Gasteiger partial charge in [-0.25, -0.2) is 0 Å². The molecular weight excluding hydrogens is 376 g/mol. The highest BCUT2D eigenvalue weighted by molar-refractivity contribution is 6.33. The molecule has 3 heteroatoms. The van der Waals surface area contributed by atoms with Crippen molar-refractivity contribution < 1.29 is 0 Å². The standard InChI is InChI=1S/C26H35ClN2/c1-7-13-29-25-15-24(27)21(14-23(25)19(4)16-26(29,5)6)17-28-22-11-9-20(10-12-22)18(3)8-2/h9-12,14-15,17-19H,7-8,13,16H2,1-6H3. The zero-order chi connectivity index (χ0) is 21.2. The monoisotopic (exact) mass is 410 g/mol. The first-order chi connectivity index (χ1) is 13.8. The second kappa shape index (κ2) is 8.92. The Morgan fingerprint density at radius 1 is 1.21 bits per heavy atom. The quantitative estimate of drug-likeness (QED) is 0.439. The largest absolute Gasteiger partial charge is 0.366 e. The summed E-state index contributed by atoms with van der Waals surface area (Å²) >= 11 is 6.70. The first kappa shape index (κ1) is 21.9. The lowest BCUT2D eigenvalue weighted by atomic mass is 9.79. The molecule has 2 atom stereocenters. The van der Waals surface area contributed by atoms with Crippen LogP contribution in [0.4, 0.5) is 11.4 Å². The Hall–Kier alpha value is -1.80. The number of anilines is 1. The minimum Gasteiger partial charge on any atom is -0.366 e. The molecule has 1 heterocycles. The normalized spacial score (nSPS) is 19.4. The third kappa shape index (κ3) is 4.69. The van der Waals surface area contributed by atoms with E-state index >= 15 is 0 Å². The van der Waals surface area contributed by atoms with E-state index in [-0.39, 0.29) is 5.54 Å². The summed E-state index contributed by atoms with van der Waals surface area (Å²) in [5, 5.41) is 0.773. The van der Waals surface area contributed by atoms with Crippen LogP contribution >= 0.6 is 11.6 Å². The van der Waals surface area contributed by atoms with Gasteiger partial charge in [-0.05, 0) is 80.3 Å². The van der Waals surface area contributed by atoms with Crippen molar-refractivity contribution >= 4 is 29.2 Å². The predicted molar refractivity (Wildman–Crippen MR) is 129 cm³/mol. The van der Waals surface area contributed by atoms with Gasteiger partial charge in [0.15, 0.2) is 0 Å². The minimum absolute atomic E-state index is 0.152. The maximum atomic E-state index is 6.70. The molecule has 1 aliphatic rings. The summed E-state index contributed by atoms with van der Waals surface area (Å²) in [7, 11) is 0. The molecule has 0 fully saturated rings. The van der Waals surface area contributed by atoms with Crippen molar-refractivity contribution in [2.24, 2.45) is 4.99 Å². The fourth-order valence-corrected chi connectivity index (χ4v) is 4.74. The number of fused-ring (bicyclic) bond motifs is 1. The lowest BCUT2D eigenvalue weighted by Gasteiger charge is -2.47. The molecule has 0 radical (unpaired) electrons. The Morgan fingerprint density at radius 3 is 2.52 bits per heavy atom. The second-order valence-corrected chi connectivity index (χ2v) is 9.57. The predicted octanol–water partition coefficient (Wildman–Crippen LogP) is 8.11. The summed E-state index contributed by atoms with van der Waals surface area (Å²) in [6, 6.07) is 13.0. The number of aliphatic imine (C=N–C) groups is 1. The molecule has 2 aromatic carbocycles.